The highest BCUT2D eigenvalue weighted by atomic mass is 19.3. The smallest absolute Gasteiger partial charge is 0.282 e. The fourth-order valence-electron chi connectivity index (χ4n) is 0.524. The molecule has 0 heterocycles. The predicted octanol–water partition coefficient (Wildman–Crippen LogP) is 1.00. The van der Waals surface area contributed by atoms with E-state index in [4.69, 9.17) is 5.11 Å². The Balaban J connectivity index is 3.52. The maximum Gasteiger partial charge on any atom is 0.282 e. The zero-order valence-corrected chi connectivity index (χ0v) is 6.90. The molecule has 0 saturated carbocycles. The van der Waals surface area contributed by atoms with Crippen molar-refractivity contribution in [1.29, 1.82) is 0 Å². The van der Waals surface area contributed by atoms with E-state index < -0.39 is 19.1 Å². The van der Waals surface area contributed by atoms with Gasteiger partial charge in [-0.3, -0.25) is 0 Å². The first-order valence-corrected chi connectivity index (χ1v) is 3.74. The van der Waals surface area contributed by atoms with Crippen molar-refractivity contribution in [2.45, 2.75) is 32.2 Å². The molecule has 0 aromatic heterocycles. The highest BCUT2D eigenvalue weighted by Gasteiger charge is 2.27. The number of hydrogen-bond acceptors (Lipinski definition) is 2. The van der Waals surface area contributed by atoms with Gasteiger partial charge in [-0.05, 0) is 13.3 Å². The van der Waals surface area contributed by atoms with Crippen LogP contribution in [0.25, 0.3) is 0 Å². The number of hydrogen-bond donors (Lipinski definition) is 2. The molecule has 0 amide bonds. The summed E-state index contributed by atoms with van der Waals surface area (Å²) in [5, 5.41) is 10.8. The summed E-state index contributed by atoms with van der Waals surface area (Å²) < 4.78 is 24.7. The lowest BCUT2D eigenvalue weighted by Gasteiger charge is -2.17. The first-order valence-electron chi connectivity index (χ1n) is 3.74. The van der Waals surface area contributed by atoms with Crippen LogP contribution >= 0.6 is 0 Å². The van der Waals surface area contributed by atoms with E-state index in [1.54, 1.807) is 0 Å². The molecule has 0 aromatic carbocycles. The summed E-state index contributed by atoms with van der Waals surface area (Å²) in [5.41, 5.74) is 0. The number of halogens is 2. The third kappa shape index (κ3) is 5.09. The lowest BCUT2D eigenvalue weighted by molar-refractivity contribution is -0.0490. The van der Waals surface area contributed by atoms with Gasteiger partial charge < -0.3 is 10.4 Å². The number of rotatable bonds is 5. The van der Waals surface area contributed by atoms with Crippen LogP contribution in [0.3, 0.4) is 0 Å². The van der Waals surface area contributed by atoms with Crippen molar-refractivity contribution >= 4 is 0 Å². The number of alkyl halides is 2. The molecule has 0 saturated heterocycles. The number of aliphatic hydroxyl groups excluding tert-OH is 1. The molecule has 4 heteroatoms. The maximum atomic E-state index is 12.3. The highest BCUT2D eigenvalue weighted by molar-refractivity contribution is 4.70. The lowest BCUT2D eigenvalue weighted by atomic mass is 10.2. The summed E-state index contributed by atoms with van der Waals surface area (Å²) in [6, 6.07) is 0.0763. The zero-order valence-electron chi connectivity index (χ0n) is 6.90. The molecular formula is C7H15F2NO. The van der Waals surface area contributed by atoms with Gasteiger partial charge in [-0.15, -0.1) is 0 Å². The predicted molar refractivity (Wildman–Crippen MR) is 39.8 cm³/mol. The van der Waals surface area contributed by atoms with Crippen LogP contribution in [0.5, 0.6) is 0 Å². The Labute approximate surface area is 65.6 Å². The van der Waals surface area contributed by atoms with Gasteiger partial charge >= 0.3 is 0 Å². The Kier molecular flexibility index (Phi) is 4.52. The molecule has 0 aliphatic carbocycles. The second kappa shape index (κ2) is 4.62. The van der Waals surface area contributed by atoms with Gasteiger partial charge in [0.05, 0.1) is 6.54 Å². The summed E-state index contributed by atoms with van der Waals surface area (Å²) >= 11 is 0. The topological polar surface area (TPSA) is 32.3 Å². The molecule has 0 spiro atoms. The molecular weight excluding hydrogens is 152 g/mol. The second-order valence-corrected chi connectivity index (χ2v) is 2.70. The van der Waals surface area contributed by atoms with Crippen molar-refractivity contribution < 1.29 is 13.9 Å². The minimum Gasteiger partial charge on any atom is -0.390 e. The molecule has 0 aliphatic rings. The summed E-state index contributed by atoms with van der Waals surface area (Å²) in [6.07, 6.45) is 0.807. The van der Waals surface area contributed by atoms with Crippen LogP contribution < -0.4 is 5.32 Å². The third-order valence-electron chi connectivity index (χ3n) is 1.55. The van der Waals surface area contributed by atoms with Gasteiger partial charge in [0.1, 0.15) is 6.61 Å². The van der Waals surface area contributed by atoms with Gasteiger partial charge in [0.15, 0.2) is 0 Å². The largest absolute Gasteiger partial charge is 0.390 e. The van der Waals surface area contributed by atoms with E-state index in [1.807, 2.05) is 13.8 Å². The van der Waals surface area contributed by atoms with Crippen LogP contribution in [0.2, 0.25) is 0 Å². The molecule has 2 N–H and O–H groups in total. The third-order valence-corrected chi connectivity index (χ3v) is 1.55. The molecule has 2 nitrogen and oxygen atoms in total. The maximum absolute atomic E-state index is 12.3. The molecule has 68 valence electrons. The highest BCUT2D eigenvalue weighted by Crippen LogP contribution is 2.10. The van der Waals surface area contributed by atoms with Gasteiger partial charge in [-0.1, -0.05) is 6.92 Å². The van der Waals surface area contributed by atoms with E-state index >= 15 is 0 Å². The van der Waals surface area contributed by atoms with E-state index in [1.165, 1.54) is 0 Å². The normalized spacial score (nSPS) is 15.0. The molecule has 0 radical (unpaired) electrons. The van der Waals surface area contributed by atoms with Crippen LogP contribution in [0.1, 0.15) is 20.3 Å². The average Bonchev–Trinajstić information content (AvgIpc) is 2.00. The quantitative estimate of drug-likeness (QED) is 0.640. The van der Waals surface area contributed by atoms with Gasteiger partial charge in [-0.25, -0.2) is 8.78 Å². The van der Waals surface area contributed by atoms with E-state index in [0.717, 1.165) is 6.42 Å². The van der Waals surface area contributed by atoms with Crippen LogP contribution in [0.4, 0.5) is 8.78 Å². The number of aliphatic hydroxyl groups is 1. The molecule has 0 bridgehead atoms. The molecule has 11 heavy (non-hydrogen) atoms. The van der Waals surface area contributed by atoms with Crippen LogP contribution in [0.15, 0.2) is 0 Å². The van der Waals surface area contributed by atoms with Gasteiger partial charge in [0.2, 0.25) is 0 Å². The lowest BCUT2D eigenvalue weighted by Crippen LogP contribution is -2.39. The fraction of sp³-hybridized carbons (Fsp3) is 1.00. The fourth-order valence-corrected chi connectivity index (χ4v) is 0.524. The minimum absolute atomic E-state index is 0.0763. The van der Waals surface area contributed by atoms with Gasteiger partial charge in [-0.2, -0.15) is 0 Å². The van der Waals surface area contributed by atoms with Crippen molar-refractivity contribution in [3.8, 4) is 0 Å². The SMILES string of the molecule is CCC(C)NCC(F)(F)CO. The number of nitrogens with one attached hydrogen (secondary N) is 1. The van der Waals surface area contributed by atoms with Crippen molar-refractivity contribution in [1.82, 2.24) is 5.32 Å². The Morgan fingerprint density at radius 1 is 1.55 bits per heavy atom. The first-order chi connectivity index (χ1) is 5.02. The molecule has 1 unspecified atom stereocenters. The van der Waals surface area contributed by atoms with Crippen LogP contribution in [-0.2, 0) is 0 Å². The van der Waals surface area contributed by atoms with Crippen molar-refractivity contribution in [2.24, 2.45) is 0 Å². The van der Waals surface area contributed by atoms with Crippen molar-refractivity contribution in [2.75, 3.05) is 13.2 Å². The zero-order chi connectivity index (χ0) is 8.91. The van der Waals surface area contributed by atoms with E-state index in [-0.39, 0.29) is 6.04 Å². The van der Waals surface area contributed by atoms with Gasteiger partial charge in [0, 0.05) is 6.04 Å². The summed E-state index contributed by atoms with van der Waals surface area (Å²) in [4.78, 5) is 0. The molecule has 0 rings (SSSR count). The molecule has 1 atom stereocenters. The first kappa shape index (κ1) is 10.8. The Morgan fingerprint density at radius 2 is 2.09 bits per heavy atom. The summed E-state index contributed by atoms with van der Waals surface area (Å²) in [6.45, 7) is 2.21. The summed E-state index contributed by atoms with van der Waals surface area (Å²) in [5.74, 6) is -2.98. The van der Waals surface area contributed by atoms with E-state index in [0.29, 0.717) is 0 Å². The Hall–Kier alpha value is -0.220. The van der Waals surface area contributed by atoms with E-state index in [9.17, 15) is 8.78 Å². The molecule has 0 fully saturated rings. The Bertz CT molecular complexity index is 109. The minimum atomic E-state index is -2.98. The molecule has 0 aliphatic heterocycles. The second-order valence-electron chi connectivity index (χ2n) is 2.70. The van der Waals surface area contributed by atoms with Gasteiger partial charge in [0.25, 0.3) is 5.92 Å². The van der Waals surface area contributed by atoms with Crippen LogP contribution in [-0.4, -0.2) is 30.2 Å². The Morgan fingerprint density at radius 3 is 2.45 bits per heavy atom. The summed E-state index contributed by atoms with van der Waals surface area (Å²) in [7, 11) is 0. The molecule has 0 aromatic rings. The van der Waals surface area contributed by atoms with Crippen molar-refractivity contribution in [3.05, 3.63) is 0 Å². The van der Waals surface area contributed by atoms with Crippen molar-refractivity contribution in [3.63, 3.8) is 0 Å². The standard InChI is InChI=1S/C7H15F2NO/c1-3-6(2)10-4-7(8,9)5-11/h6,10-11H,3-5H2,1-2H3. The average molecular weight is 167 g/mol. The van der Waals surface area contributed by atoms with E-state index in [2.05, 4.69) is 5.32 Å². The van der Waals surface area contributed by atoms with Crippen LogP contribution in [0, 0.1) is 0 Å². The monoisotopic (exact) mass is 167 g/mol.